The van der Waals surface area contributed by atoms with E-state index in [9.17, 15) is 0 Å². The first-order chi connectivity index (χ1) is 7.74. The molecule has 0 amide bonds. The lowest BCUT2D eigenvalue weighted by atomic mass is 10.3. The number of pyridine rings is 1. The molecule has 6 heteroatoms. The van der Waals surface area contributed by atoms with Crippen molar-refractivity contribution < 1.29 is 9.84 Å². The van der Waals surface area contributed by atoms with Gasteiger partial charge in [-0.15, -0.1) is 0 Å². The van der Waals surface area contributed by atoms with Crippen LogP contribution in [0, 0.1) is 0 Å². The van der Waals surface area contributed by atoms with Gasteiger partial charge in [-0.3, -0.25) is 0 Å². The number of aliphatic hydroxyl groups is 1. The van der Waals surface area contributed by atoms with Crippen LogP contribution in [0.1, 0.15) is 12.6 Å². The van der Waals surface area contributed by atoms with Crippen LogP contribution in [-0.4, -0.2) is 26.7 Å². The topological polar surface area (TPSA) is 68.1 Å². The molecule has 0 saturated carbocycles. The monoisotopic (exact) mass is 239 g/mol. The molecule has 0 bridgehead atoms. The fraction of sp³-hybridized carbons (Fsp3) is 0.300. The van der Waals surface area contributed by atoms with Gasteiger partial charge in [0.25, 0.3) is 0 Å². The molecule has 16 heavy (non-hydrogen) atoms. The predicted octanol–water partition coefficient (Wildman–Crippen LogP) is 1.57. The lowest BCUT2D eigenvalue weighted by Crippen LogP contribution is -2.00. The number of hydrogen-bond donors (Lipinski definition) is 1. The molecule has 0 aliphatic heterocycles. The third-order valence-electron chi connectivity index (χ3n) is 1.98. The summed E-state index contributed by atoms with van der Waals surface area (Å²) < 4.78 is 5.32. The summed E-state index contributed by atoms with van der Waals surface area (Å²) in [7, 11) is 0. The zero-order valence-corrected chi connectivity index (χ0v) is 9.40. The average Bonchev–Trinajstić information content (AvgIpc) is 2.29. The number of aliphatic hydroxyl groups excluding tert-OH is 1. The van der Waals surface area contributed by atoms with Gasteiger partial charge in [0, 0.05) is 0 Å². The van der Waals surface area contributed by atoms with Crippen LogP contribution in [0.25, 0.3) is 11.0 Å². The van der Waals surface area contributed by atoms with E-state index in [1.54, 1.807) is 12.1 Å². The van der Waals surface area contributed by atoms with Gasteiger partial charge in [-0.2, -0.15) is 4.98 Å². The molecule has 0 saturated heterocycles. The Morgan fingerprint density at radius 1 is 1.31 bits per heavy atom. The summed E-state index contributed by atoms with van der Waals surface area (Å²) in [5.74, 6) is 0.341. The smallest absolute Gasteiger partial charge is 0.245 e. The molecule has 0 aliphatic carbocycles. The number of fused-ring (bicyclic) bond motifs is 1. The minimum atomic E-state index is -0.135. The van der Waals surface area contributed by atoms with Crippen molar-refractivity contribution in [3.63, 3.8) is 0 Å². The molecule has 0 aromatic carbocycles. The van der Waals surface area contributed by atoms with Crippen molar-refractivity contribution in [1.29, 1.82) is 0 Å². The van der Waals surface area contributed by atoms with Crippen LogP contribution in [0.15, 0.2) is 12.1 Å². The van der Waals surface area contributed by atoms with E-state index >= 15 is 0 Å². The molecular weight excluding hydrogens is 230 g/mol. The summed E-state index contributed by atoms with van der Waals surface area (Å²) in [5, 5.41) is 9.12. The number of hydrogen-bond acceptors (Lipinski definition) is 5. The highest BCUT2D eigenvalue weighted by Gasteiger charge is 2.09. The van der Waals surface area contributed by atoms with Crippen LogP contribution in [-0.2, 0) is 6.61 Å². The molecule has 0 radical (unpaired) electrons. The Kier molecular flexibility index (Phi) is 3.17. The molecule has 1 N–H and O–H groups in total. The third-order valence-corrected chi connectivity index (χ3v) is 2.15. The van der Waals surface area contributed by atoms with Gasteiger partial charge < -0.3 is 9.84 Å². The summed E-state index contributed by atoms with van der Waals surface area (Å²) in [4.78, 5) is 12.2. The van der Waals surface area contributed by atoms with Crippen molar-refractivity contribution in [2.75, 3.05) is 6.61 Å². The van der Waals surface area contributed by atoms with Gasteiger partial charge >= 0.3 is 0 Å². The predicted molar refractivity (Wildman–Crippen MR) is 59.4 cm³/mol. The van der Waals surface area contributed by atoms with Crippen LogP contribution in [0.3, 0.4) is 0 Å². The average molecular weight is 240 g/mol. The van der Waals surface area contributed by atoms with E-state index in [1.165, 1.54) is 0 Å². The van der Waals surface area contributed by atoms with Crippen LogP contribution < -0.4 is 4.74 Å². The number of ether oxygens (including phenoxy) is 1. The molecule has 5 nitrogen and oxygen atoms in total. The fourth-order valence-corrected chi connectivity index (χ4v) is 1.49. The number of nitrogens with zero attached hydrogens (tertiary/aromatic N) is 3. The van der Waals surface area contributed by atoms with E-state index in [0.29, 0.717) is 29.2 Å². The Morgan fingerprint density at radius 3 is 2.81 bits per heavy atom. The molecule has 2 rings (SSSR count). The van der Waals surface area contributed by atoms with Crippen LogP contribution in [0.4, 0.5) is 0 Å². The molecular formula is C10H10ClN3O2. The van der Waals surface area contributed by atoms with Gasteiger partial charge in [0.15, 0.2) is 5.52 Å². The second-order valence-corrected chi connectivity index (χ2v) is 3.40. The molecule has 2 aromatic rings. The van der Waals surface area contributed by atoms with Crippen molar-refractivity contribution in [2.24, 2.45) is 0 Å². The Balaban J connectivity index is 2.65. The van der Waals surface area contributed by atoms with Gasteiger partial charge in [-0.1, -0.05) is 0 Å². The van der Waals surface area contributed by atoms with Crippen molar-refractivity contribution in [1.82, 2.24) is 15.0 Å². The SMILES string of the molecule is CCOc1nc(Cl)nc2ccc(CO)nc12. The van der Waals surface area contributed by atoms with E-state index in [-0.39, 0.29) is 11.9 Å². The first-order valence-electron chi connectivity index (χ1n) is 4.81. The summed E-state index contributed by atoms with van der Waals surface area (Å²) in [6, 6.07) is 3.41. The molecule has 0 atom stereocenters. The van der Waals surface area contributed by atoms with Crippen LogP contribution in [0.2, 0.25) is 5.28 Å². The lowest BCUT2D eigenvalue weighted by Gasteiger charge is -2.06. The third kappa shape index (κ3) is 2.05. The highest BCUT2D eigenvalue weighted by molar-refractivity contribution is 6.28. The number of halogens is 1. The van der Waals surface area contributed by atoms with E-state index in [0.717, 1.165) is 0 Å². The second-order valence-electron chi connectivity index (χ2n) is 3.06. The molecule has 2 aromatic heterocycles. The van der Waals surface area contributed by atoms with Crippen molar-refractivity contribution in [2.45, 2.75) is 13.5 Å². The Labute approximate surface area is 97.1 Å². The Hall–Kier alpha value is -1.46. The number of rotatable bonds is 3. The Bertz CT molecular complexity index is 519. The summed E-state index contributed by atoms with van der Waals surface area (Å²) >= 11 is 5.75. The van der Waals surface area contributed by atoms with Crippen LogP contribution >= 0.6 is 11.6 Å². The zero-order chi connectivity index (χ0) is 11.5. The van der Waals surface area contributed by atoms with Crippen molar-refractivity contribution in [3.05, 3.63) is 23.1 Å². The maximum absolute atomic E-state index is 9.00. The van der Waals surface area contributed by atoms with Crippen molar-refractivity contribution >= 4 is 22.6 Å². The maximum atomic E-state index is 9.00. The maximum Gasteiger partial charge on any atom is 0.245 e. The van der Waals surface area contributed by atoms with Crippen molar-refractivity contribution in [3.8, 4) is 5.88 Å². The number of aromatic nitrogens is 3. The zero-order valence-electron chi connectivity index (χ0n) is 8.64. The van der Waals surface area contributed by atoms with Gasteiger partial charge in [0.1, 0.15) is 0 Å². The van der Waals surface area contributed by atoms with Gasteiger partial charge in [0.05, 0.1) is 24.4 Å². The minimum Gasteiger partial charge on any atom is -0.476 e. The van der Waals surface area contributed by atoms with Crippen LogP contribution in [0.5, 0.6) is 5.88 Å². The molecule has 0 fully saturated rings. The largest absolute Gasteiger partial charge is 0.476 e. The molecule has 84 valence electrons. The lowest BCUT2D eigenvalue weighted by molar-refractivity contribution is 0.277. The minimum absolute atomic E-state index is 0.120. The Morgan fingerprint density at radius 2 is 2.12 bits per heavy atom. The van der Waals surface area contributed by atoms with Gasteiger partial charge in [-0.25, -0.2) is 9.97 Å². The van der Waals surface area contributed by atoms with E-state index in [2.05, 4.69) is 15.0 Å². The summed E-state index contributed by atoms with van der Waals surface area (Å²) in [6.07, 6.45) is 0. The quantitative estimate of drug-likeness (QED) is 0.824. The molecule has 0 spiro atoms. The summed E-state index contributed by atoms with van der Waals surface area (Å²) in [6.45, 7) is 2.18. The highest BCUT2D eigenvalue weighted by Crippen LogP contribution is 2.22. The molecule has 2 heterocycles. The van der Waals surface area contributed by atoms with E-state index in [1.807, 2.05) is 6.92 Å². The van der Waals surface area contributed by atoms with E-state index < -0.39 is 0 Å². The first kappa shape index (κ1) is 11.0. The summed E-state index contributed by atoms with van der Waals surface area (Å²) in [5.41, 5.74) is 1.65. The highest BCUT2D eigenvalue weighted by atomic mass is 35.5. The fourth-order valence-electron chi connectivity index (χ4n) is 1.33. The van der Waals surface area contributed by atoms with Gasteiger partial charge in [0.2, 0.25) is 11.2 Å². The normalized spacial score (nSPS) is 10.7. The first-order valence-corrected chi connectivity index (χ1v) is 5.19. The standard InChI is InChI=1S/C10H10ClN3O2/c1-2-16-9-8-7(13-10(11)14-9)4-3-6(5-15)12-8/h3-4,15H,2,5H2,1H3. The second kappa shape index (κ2) is 4.59. The molecule has 0 aliphatic rings. The molecule has 0 unspecified atom stereocenters. The van der Waals surface area contributed by atoms with E-state index in [4.69, 9.17) is 21.4 Å². The van der Waals surface area contributed by atoms with Gasteiger partial charge in [-0.05, 0) is 30.7 Å².